The summed E-state index contributed by atoms with van der Waals surface area (Å²) in [6, 6.07) is 0.360. The van der Waals surface area contributed by atoms with E-state index in [2.05, 4.69) is 11.8 Å². The molecule has 1 rings (SSSR count). The molecule has 1 fully saturated rings. The molecule has 0 aliphatic carbocycles. The van der Waals surface area contributed by atoms with Crippen molar-refractivity contribution in [3.63, 3.8) is 0 Å². The summed E-state index contributed by atoms with van der Waals surface area (Å²) >= 11 is 5.86. The molecule has 2 unspecified atom stereocenters. The second-order valence-electron chi connectivity index (χ2n) is 4.15. The molecule has 0 aromatic carbocycles. The van der Waals surface area contributed by atoms with Gasteiger partial charge in [-0.1, -0.05) is 6.92 Å². The predicted molar refractivity (Wildman–Crippen MR) is 59.6 cm³/mol. The second kappa shape index (κ2) is 4.81. The van der Waals surface area contributed by atoms with Crippen LogP contribution < -0.4 is 0 Å². The van der Waals surface area contributed by atoms with E-state index in [4.69, 9.17) is 11.6 Å². The highest BCUT2D eigenvalue weighted by Crippen LogP contribution is 2.24. The van der Waals surface area contributed by atoms with Gasteiger partial charge in [0.25, 0.3) is 0 Å². The van der Waals surface area contributed by atoms with Crippen molar-refractivity contribution in [2.75, 3.05) is 31.0 Å². The maximum atomic E-state index is 11.0. The quantitative estimate of drug-likeness (QED) is 0.687. The van der Waals surface area contributed by atoms with Gasteiger partial charge in [-0.2, -0.15) is 0 Å². The smallest absolute Gasteiger partial charge is 0.148 e. The predicted octanol–water partition coefficient (Wildman–Crippen LogP) is 0.980. The fourth-order valence-corrected chi connectivity index (χ4v) is 2.96. The van der Waals surface area contributed by atoms with Crippen LogP contribution in [0.2, 0.25) is 0 Å². The van der Waals surface area contributed by atoms with Crippen LogP contribution in [0.25, 0.3) is 0 Å². The molecular weight excluding hydrogens is 222 g/mol. The van der Waals surface area contributed by atoms with E-state index < -0.39 is 9.84 Å². The Kier molecular flexibility index (Phi) is 4.22. The lowest BCUT2D eigenvalue weighted by Crippen LogP contribution is -2.36. The van der Waals surface area contributed by atoms with Crippen LogP contribution in [-0.4, -0.2) is 50.3 Å². The third kappa shape index (κ3) is 3.41. The minimum atomic E-state index is -2.85. The lowest BCUT2D eigenvalue weighted by molar-refractivity contribution is 0.264. The first kappa shape index (κ1) is 12.3. The lowest BCUT2D eigenvalue weighted by atomic mass is 10.1. The Morgan fingerprint density at radius 3 is 2.64 bits per heavy atom. The van der Waals surface area contributed by atoms with E-state index in [1.165, 1.54) is 6.26 Å². The normalized spacial score (nSPS) is 29.6. The molecule has 0 aromatic heterocycles. The summed E-state index contributed by atoms with van der Waals surface area (Å²) in [7, 11) is -2.85. The van der Waals surface area contributed by atoms with Crippen molar-refractivity contribution in [3.8, 4) is 0 Å². The van der Waals surface area contributed by atoms with Gasteiger partial charge in [-0.15, -0.1) is 11.6 Å². The number of alkyl halides is 1. The third-order valence-corrected chi connectivity index (χ3v) is 4.15. The molecule has 0 bridgehead atoms. The molecule has 1 aliphatic heterocycles. The van der Waals surface area contributed by atoms with Gasteiger partial charge in [0.15, 0.2) is 0 Å². The van der Waals surface area contributed by atoms with E-state index in [0.717, 1.165) is 13.0 Å². The molecule has 0 N–H and O–H groups in total. The van der Waals surface area contributed by atoms with Gasteiger partial charge in [0.05, 0.1) is 5.75 Å². The van der Waals surface area contributed by atoms with Crippen LogP contribution in [0.4, 0.5) is 0 Å². The zero-order valence-corrected chi connectivity index (χ0v) is 10.3. The molecule has 0 aromatic rings. The van der Waals surface area contributed by atoms with Gasteiger partial charge >= 0.3 is 0 Å². The Balaban J connectivity index is 2.45. The summed E-state index contributed by atoms with van der Waals surface area (Å²) in [6.45, 7) is 3.78. The van der Waals surface area contributed by atoms with E-state index >= 15 is 0 Å². The number of hydrogen-bond acceptors (Lipinski definition) is 3. The van der Waals surface area contributed by atoms with Gasteiger partial charge in [0, 0.05) is 24.7 Å². The van der Waals surface area contributed by atoms with Crippen molar-refractivity contribution in [1.29, 1.82) is 0 Å². The van der Waals surface area contributed by atoms with Gasteiger partial charge < -0.3 is 0 Å². The van der Waals surface area contributed by atoms with E-state index in [0.29, 0.717) is 24.4 Å². The van der Waals surface area contributed by atoms with Crippen molar-refractivity contribution in [1.82, 2.24) is 4.90 Å². The van der Waals surface area contributed by atoms with Gasteiger partial charge in [0.1, 0.15) is 9.84 Å². The Bertz CT molecular complexity index is 279. The highest BCUT2D eigenvalue weighted by molar-refractivity contribution is 7.90. The average molecular weight is 240 g/mol. The molecule has 84 valence electrons. The Labute approximate surface area is 91.3 Å². The zero-order valence-electron chi connectivity index (χ0n) is 8.74. The summed E-state index contributed by atoms with van der Waals surface area (Å²) < 4.78 is 22.0. The van der Waals surface area contributed by atoms with Crippen LogP contribution in [0.3, 0.4) is 0 Å². The Morgan fingerprint density at radius 1 is 1.50 bits per heavy atom. The zero-order chi connectivity index (χ0) is 10.8. The van der Waals surface area contributed by atoms with Crippen molar-refractivity contribution in [2.45, 2.75) is 19.4 Å². The molecule has 0 radical (unpaired) electrons. The van der Waals surface area contributed by atoms with Gasteiger partial charge in [-0.05, 0) is 18.9 Å². The molecule has 2 atom stereocenters. The van der Waals surface area contributed by atoms with Crippen molar-refractivity contribution < 1.29 is 8.42 Å². The molecule has 0 amide bonds. The minimum absolute atomic E-state index is 0.243. The first-order valence-corrected chi connectivity index (χ1v) is 7.51. The molecule has 0 spiro atoms. The number of hydrogen-bond donors (Lipinski definition) is 0. The SMILES string of the molecule is CC1CCN(CCS(C)(=O)=O)C1CCl. The molecule has 0 saturated carbocycles. The molecule has 3 nitrogen and oxygen atoms in total. The second-order valence-corrected chi connectivity index (χ2v) is 6.72. The third-order valence-electron chi connectivity index (χ3n) is 2.90. The van der Waals surface area contributed by atoms with Crippen LogP contribution in [-0.2, 0) is 9.84 Å². The number of halogens is 1. The lowest BCUT2D eigenvalue weighted by Gasteiger charge is -2.24. The van der Waals surface area contributed by atoms with Gasteiger partial charge in [-0.3, -0.25) is 4.90 Å². The summed E-state index contributed by atoms with van der Waals surface area (Å²) in [5.74, 6) is 1.44. The number of rotatable bonds is 4. The van der Waals surface area contributed by atoms with Gasteiger partial charge in [-0.25, -0.2) is 8.42 Å². The van der Waals surface area contributed by atoms with E-state index in [1.807, 2.05) is 0 Å². The summed E-state index contributed by atoms with van der Waals surface area (Å²) in [5.41, 5.74) is 0. The Morgan fingerprint density at radius 2 is 2.14 bits per heavy atom. The monoisotopic (exact) mass is 239 g/mol. The molecule has 1 heterocycles. The molecular formula is C9H18ClNO2S. The van der Waals surface area contributed by atoms with Crippen LogP contribution in [0.5, 0.6) is 0 Å². The van der Waals surface area contributed by atoms with Crippen molar-refractivity contribution in [3.05, 3.63) is 0 Å². The fraction of sp³-hybridized carbons (Fsp3) is 1.00. The van der Waals surface area contributed by atoms with Crippen LogP contribution in [0.15, 0.2) is 0 Å². The van der Waals surface area contributed by atoms with Crippen molar-refractivity contribution in [2.24, 2.45) is 5.92 Å². The van der Waals surface area contributed by atoms with Crippen molar-refractivity contribution >= 4 is 21.4 Å². The first-order chi connectivity index (χ1) is 6.44. The molecule has 1 aliphatic rings. The molecule has 1 saturated heterocycles. The maximum Gasteiger partial charge on any atom is 0.148 e. The minimum Gasteiger partial charge on any atom is -0.298 e. The highest BCUT2D eigenvalue weighted by atomic mass is 35.5. The number of likely N-dealkylation sites (tertiary alicyclic amines) is 1. The number of sulfone groups is 1. The van der Waals surface area contributed by atoms with Crippen LogP contribution >= 0.6 is 11.6 Å². The van der Waals surface area contributed by atoms with Crippen LogP contribution in [0, 0.1) is 5.92 Å². The first-order valence-electron chi connectivity index (χ1n) is 4.92. The Hall–Kier alpha value is 0.200. The van der Waals surface area contributed by atoms with E-state index in [1.54, 1.807) is 0 Å². The fourth-order valence-electron chi connectivity index (χ4n) is 1.90. The molecule has 5 heteroatoms. The molecule has 14 heavy (non-hydrogen) atoms. The van der Waals surface area contributed by atoms with E-state index in [9.17, 15) is 8.42 Å². The summed E-state index contributed by atoms with van der Waals surface area (Å²) in [6.07, 6.45) is 2.41. The van der Waals surface area contributed by atoms with Crippen LogP contribution in [0.1, 0.15) is 13.3 Å². The standard InChI is InChI=1S/C9H18ClNO2S/c1-8-3-4-11(9(8)7-10)5-6-14(2,12)13/h8-9H,3-7H2,1-2H3. The topological polar surface area (TPSA) is 37.4 Å². The number of nitrogens with zero attached hydrogens (tertiary/aromatic N) is 1. The highest BCUT2D eigenvalue weighted by Gasteiger charge is 2.30. The maximum absolute atomic E-state index is 11.0. The summed E-state index contributed by atoms with van der Waals surface area (Å²) in [5, 5.41) is 0. The summed E-state index contributed by atoms with van der Waals surface area (Å²) in [4.78, 5) is 2.19. The average Bonchev–Trinajstić information content (AvgIpc) is 2.41. The largest absolute Gasteiger partial charge is 0.298 e. The van der Waals surface area contributed by atoms with Gasteiger partial charge in [0.2, 0.25) is 0 Å². The van der Waals surface area contributed by atoms with E-state index in [-0.39, 0.29) is 5.75 Å².